The van der Waals surface area contributed by atoms with Gasteiger partial charge in [-0.05, 0) is 26.8 Å². The van der Waals surface area contributed by atoms with Crippen molar-refractivity contribution in [2.24, 2.45) is 0 Å². The maximum atomic E-state index is 13.6. The highest BCUT2D eigenvalue weighted by Crippen LogP contribution is 2.27. The van der Waals surface area contributed by atoms with Crippen LogP contribution in [0.1, 0.15) is 31.1 Å². The number of ether oxygens (including phenoxy) is 1. The van der Waals surface area contributed by atoms with Gasteiger partial charge in [0.05, 0.1) is 10.5 Å². The molecule has 0 aliphatic rings. The third-order valence-corrected chi connectivity index (χ3v) is 2.88. The maximum Gasteiger partial charge on any atom is 0.419 e. The summed E-state index contributed by atoms with van der Waals surface area (Å²) in [5, 5.41) is 0.291. The molecule has 0 unspecified atom stereocenters. The molecule has 0 spiro atoms. The molecule has 1 heterocycles. The van der Waals surface area contributed by atoms with Crippen LogP contribution in [-0.4, -0.2) is 22.5 Å². The van der Waals surface area contributed by atoms with Gasteiger partial charge in [0.2, 0.25) is 0 Å². The zero-order valence-corrected chi connectivity index (χ0v) is 12.0. The van der Waals surface area contributed by atoms with Crippen molar-refractivity contribution in [3.63, 3.8) is 0 Å². The van der Waals surface area contributed by atoms with Crippen molar-refractivity contribution in [2.45, 2.75) is 26.4 Å². The standard InChI is InChI=1S/C14H13ClFNO3/c1-14(2,3)20-13(19)17-6-8(7-18)9-4-10(15)11(16)5-12(9)17/h4-7H,1-3H3. The van der Waals surface area contributed by atoms with Crippen molar-refractivity contribution in [3.05, 3.63) is 34.7 Å². The van der Waals surface area contributed by atoms with E-state index in [1.807, 2.05) is 0 Å². The summed E-state index contributed by atoms with van der Waals surface area (Å²) in [5.74, 6) is -0.667. The first-order chi connectivity index (χ1) is 9.23. The number of rotatable bonds is 1. The molecule has 0 aliphatic carbocycles. The zero-order valence-electron chi connectivity index (χ0n) is 11.2. The monoisotopic (exact) mass is 297 g/mol. The van der Waals surface area contributed by atoms with Crippen molar-refractivity contribution in [2.75, 3.05) is 0 Å². The van der Waals surface area contributed by atoms with Gasteiger partial charge in [-0.3, -0.25) is 9.36 Å². The van der Waals surface area contributed by atoms with Crippen LogP contribution in [-0.2, 0) is 4.74 Å². The maximum absolute atomic E-state index is 13.6. The van der Waals surface area contributed by atoms with Crippen molar-refractivity contribution < 1.29 is 18.7 Å². The van der Waals surface area contributed by atoms with Crippen LogP contribution < -0.4 is 0 Å². The van der Waals surface area contributed by atoms with Gasteiger partial charge in [-0.15, -0.1) is 0 Å². The lowest BCUT2D eigenvalue weighted by Crippen LogP contribution is -2.26. The molecule has 1 aromatic carbocycles. The van der Waals surface area contributed by atoms with Gasteiger partial charge in [0.25, 0.3) is 0 Å². The summed E-state index contributed by atoms with van der Waals surface area (Å²) in [6, 6.07) is 2.42. The van der Waals surface area contributed by atoms with Gasteiger partial charge in [0.1, 0.15) is 11.4 Å². The molecular formula is C14H13ClFNO3. The fourth-order valence-electron chi connectivity index (χ4n) is 1.80. The quantitative estimate of drug-likeness (QED) is 0.747. The zero-order chi connectivity index (χ0) is 15.1. The molecule has 4 nitrogen and oxygen atoms in total. The fourth-order valence-corrected chi connectivity index (χ4v) is 1.96. The molecule has 2 rings (SSSR count). The summed E-state index contributed by atoms with van der Waals surface area (Å²) in [6.07, 6.45) is 1.20. The van der Waals surface area contributed by atoms with Gasteiger partial charge in [-0.2, -0.15) is 0 Å². The van der Waals surface area contributed by atoms with Gasteiger partial charge in [-0.1, -0.05) is 11.6 Å². The highest BCUT2D eigenvalue weighted by atomic mass is 35.5. The van der Waals surface area contributed by atoms with E-state index in [9.17, 15) is 14.0 Å². The Hall–Kier alpha value is -1.88. The van der Waals surface area contributed by atoms with Crippen LogP contribution in [0.3, 0.4) is 0 Å². The number of fused-ring (bicyclic) bond motifs is 1. The number of hydrogen-bond acceptors (Lipinski definition) is 3. The molecule has 20 heavy (non-hydrogen) atoms. The van der Waals surface area contributed by atoms with E-state index in [1.165, 1.54) is 12.3 Å². The molecule has 106 valence electrons. The number of aromatic nitrogens is 1. The van der Waals surface area contributed by atoms with Gasteiger partial charge >= 0.3 is 6.09 Å². The molecule has 0 radical (unpaired) electrons. The summed E-state index contributed by atoms with van der Waals surface area (Å²) < 4.78 is 19.9. The van der Waals surface area contributed by atoms with Crippen LogP contribution in [0.25, 0.3) is 10.9 Å². The number of carbonyl (C=O) groups is 2. The van der Waals surface area contributed by atoms with E-state index >= 15 is 0 Å². The lowest BCUT2D eigenvalue weighted by Gasteiger charge is -2.19. The van der Waals surface area contributed by atoms with Crippen LogP contribution in [0.5, 0.6) is 0 Å². The molecule has 0 amide bonds. The third kappa shape index (κ3) is 2.67. The molecule has 6 heteroatoms. The number of aldehydes is 1. The Kier molecular flexibility index (Phi) is 3.56. The Morgan fingerprint density at radius 3 is 2.60 bits per heavy atom. The third-order valence-electron chi connectivity index (χ3n) is 2.59. The second-order valence-electron chi connectivity index (χ2n) is 5.34. The first kappa shape index (κ1) is 14.5. The van der Waals surface area contributed by atoms with Crippen molar-refractivity contribution in [1.29, 1.82) is 0 Å². The van der Waals surface area contributed by atoms with Crippen LogP contribution in [0.2, 0.25) is 5.02 Å². The van der Waals surface area contributed by atoms with E-state index in [-0.39, 0.29) is 16.1 Å². The Morgan fingerprint density at radius 1 is 1.40 bits per heavy atom. The minimum atomic E-state index is -0.694. The number of hydrogen-bond donors (Lipinski definition) is 0. The van der Waals surface area contributed by atoms with Crippen LogP contribution >= 0.6 is 11.6 Å². The Balaban J connectivity index is 2.62. The minimum absolute atomic E-state index is 0.109. The molecule has 0 aliphatic heterocycles. The first-order valence-corrected chi connectivity index (χ1v) is 6.29. The Bertz CT molecular complexity index is 700. The molecule has 0 saturated carbocycles. The molecule has 0 fully saturated rings. The lowest BCUT2D eigenvalue weighted by atomic mass is 10.2. The minimum Gasteiger partial charge on any atom is -0.443 e. The number of benzene rings is 1. The average Bonchev–Trinajstić information content (AvgIpc) is 2.66. The number of nitrogens with zero attached hydrogens (tertiary/aromatic N) is 1. The van der Waals surface area contributed by atoms with E-state index in [4.69, 9.17) is 16.3 Å². The molecule has 2 aromatic rings. The smallest absolute Gasteiger partial charge is 0.419 e. The van der Waals surface area contributed by atoms with E-state index in [2.05, 4.69) is 0 Å². The summed E-state index contributed by atoms with van der Waals surface area (Å²) in [6.45, 7) is 5.15. The largest absolute Gasteiger partial charge is 0.443 e. The normalized spacial score (nSPS) is 11.7. The van der Waals surface area contributed by atoms with E-state index in [1.54, 1.807) is 20.8 Å². The van der Waals surface area contributed by atoms with Crippen LogP contribution in [0.15, 0.2) is 18.3 Å². The summed E-state index contributed by atoms with van der Waals surface area (Å²) in [7, 11) is 0. The van der Waals surface area contributed by atoms with Gasteiger partial charge in [0.15, 0.2) is 6.29 Å². The van der Waals surface area contributed by atoms with Crippen molar-refractivity contribution in [1.82, 2.24) is 4.57 Å². The Morgan fingerprint density at radius 2 is 2.05 bits per heavy atom. The summed E-state index contributed by atoms with van der Waals surface area (Å²) >= 11 is 5.70. The summed E-state index contributed by atoms with van der Waals surface area (Å²) in [4.78, 5) is 23.1. The summed E-state index contributed by atoms with van der Waals surface area (Å²) in [5.41, 5.74) is -0.212. The van der Waals surface area contributed by atoms with E-state index < -0.39 is 17.5 Å². The van der Waals surface area contributed by atoms with Crippen LogP contribution in [0, 0.1) is 5.82 Å². The first-order valence-electron chi connectivity index (χ1n) is 5.91. The molecular weight excluding hydrogens is 285 g/mol. The molecule has 0 N–H and O–H groups in total. The molecule has 0 bridgehead atoms. The van der Waals surface area contributed by atoms with Gasteiger partial charge in [0, 0.05) is 23.2 Å². The second-order valence-corrected chi connectivity index (χ2v) is 5.74. The topological polar surface area (TPSA) is 48.3 Å². The Labute approximate surface area is 120 Å². The number of halogens is 2. The molecule has 1 aromatic heterocycles. The van der Waals surface area contributed by atoms with E-state index in [0.717, 1.165) is 10.6 Å². The van der Waals surface area contributed by atoms with Gasteiger partial charge < -0.3 is 4.74 Å². The highest BCUT2D eigenvalue weighted by molar-refractivity contribution is 6.31. The molecule has 0 atom stereocenters. The van der Waals surface area contributed by atoms with Crippen molar-refractivity contribution >= 4 is 34.9 Å². The van der Waals surface area contributed by atoms with Gasteiger partial charge in [-0.25, -0.2) is 9.18 Å². The predicted molar refractivity (Wildman–Crippen MR) is 73.9 cm³/mol. The average molecular weight is 298 g/mol. The fraction of sp³-hybridized carbons (Fsp3) is 0.286. The highest BCUT2D eigenvalue weighted by Gasteiger charge is 2.21. The SMILES string of the molecule is CC(C)(C)OC(=O)n1cc(C=O)c2cc(Cl)c(F)cc21. The second kappa shape index (κ2) is 4.90. The lowest BCUT2D eigenvalue weighted by molar-refractivity contribution is 0.0544. The number of carbonyl (C=O) groups excluding carboxylic acids is 2. The van der Waals surface area contributed by atoms with Crippen LogP contribution in [0.4, 0.5) is 9.18 Å². The molecule has 0 saturated heterocycles. The van der Waals surface area contributed by atoms with E-state index in [0.29, 0.717) is 11.7 Å². The predicted octanol–water partition coefficient (Wildman–Crippen LogP) is 4.03. The van der Waals surface area contributed by atoms with Crippen molar-refractivity contribution in [3.8, 4) is 0 Å².